The number of nitrogens with zero attached hydrogens (tertiary/aromatic N) is 1. The highest BCUT2D eigenvalue weighted by Crippen LogP contribution is 2.22. The molecule has 3 atom stereocenters. The maximum atomic E-state index is 12.0. The van der Waals surface area contributed by atoms with Crippen molar-refractivity contribution in [2.45, 2.75) is 40.2 Å². The van der Waals surface area contributed by atoms with E-state index in [1.165, 1.54) is 0 Å². The summed E-state index contributed by atoms with van der Waals surface area (Å²) in [5, 5.41) is 11.7. The summed E-state index contributed by atoms with van der Waals surface area (Å²) in [7, 11) is 0. The Morgan fingerprint density at radius 2 is 1.89 bits per heavy atom. The van der Waals surface area contributed by atoms with Crippen LogP contribution in [0.15, 0.2) is 0 Å². The van der Waals surface area contributed by atoms with Crippen LogP contribution >= 0.6 is 0 Å². The van der Waals surface area contributed by atoms with Crippen LogP contribution in [-0.4, -0.2) is 41.1 Å². The first kappa shape index (κ1) is 14.8. The van der Waals surface area contributed by atoms with Crippen LogP contribution in [-0.2, 0) is 4.79 Å². The second kappa shape index (κ2) is 6.07. The molecule has 0 aromatic heterocycles. The Bertz CT molecular complexity index is 317. The molecule has 1 rings (SSSR count). The maximum absolute atomic E-state index is 12.0. The predicted octanol–water partition coefficient (Wildman–Crippen LogP) is 1.78. The Morgan fingerprint density at radius 3 is 2.33 bits per heavy atom. The number of amides is 2. The monoisotopic (exact) mass is 256 g/mol. The van der Waals surface area contributed by atoms with Gasteiger partial charge in [-0.25, -0.2) is 9.59 Å². The third-order valence-corrected chi connectivity index (χ3v) is 3.83. The van der Waals surface area contributed by atoms with Gasteiger partial charge < -0.3 is 15.3 Å². The van der Waals surface area contributed by atoms with Gasteiger partial charge in [-0.3, -0.25) is 0 Å². The van der Waals surface area contributed by atoms with Crippen LogP contribution in [0.4, 0.5) is 4.79 Å². The van der Waals surface area contributed by atoms with Crippen molar-refractivity contribution >= 4 is 12.0 Å². The quantitative estimate of drug-likeness (QED) is 0.808. The lowest BCUT2D eigenvalue weighted by molar-refractivity contribution is -0.140. The third-order valence-electron chi connectivity index (χ3n) is 3.83. The summed E-state index contributed by atoms with van der Waals surface area (Å²) >= 11 is 0. The second-order valence-electron chi connectivity index (χ2n) is 5.70. The first-order valence-electron chi connectivity index (χ1n) is 6.61. The molecule has 0 spiro atoms. The highest BCUT2D eigenvalue weighted by atomic mass is 16.4. The molecule has 0 aliphatic carbocycles. The van der Waals surface area contributed by atoms with Crippen molar-refractivity contribution in [2.75, 3.05) is 13.1 Å². The van der Waals surface area contributed by atoms with Gasteiger partial charge in [0.1, 0.15) is 6.04 Å². The van der Waals surface area contributed by atoms with E-state index in [1.54, 1.807) is 18.7 Å². The normalized spacial score (nSPS) is 25.9. The number of carbonyl (C=O) groups excluding carboxylic acids is 1. The number of piperidine rings is 1. The molecule has 104 valence electrons. The van der Waals surface area contributed by atoms with Crippen molar-refractivity contribution in [2.24, 2.45) is 17.8 Å². The van der Waals surface area contributed by atoms with Crippen LogP contribution in [0.5, 0.6) is 0 Å². The molecule has 1 aliphatic heterocycles. The summed E-state index contributed by atoms with van der Waals surface area (Å²) in [6.07, 6.45) is 0.980. The molecule has 2 amide bonds. The largest absolute Gasteiger partial charge is 0.480 e. The predicted molar refractivity (Wildman–Crippen MR) is 69.3 cm³/mol. The average molecular weight is 256 g/mol. The van der Waals surface area contributed by atoms with Gasteiger partial charge in [-0.1, -0.05) is 27.7 Å². The first-order chi connectivity index (χ1) is 8.32. The van der Waals surface area contributed by atoms with E-state index in [4.69, 9.17) is 5.11 Å². The molecular weight excluding hydrogens is 232 g/mol. The Hall–Kier alpha value is -1.26. The highest BCUT2D eigenvalue weighted by Gasteiger charge is 2.29. The Labute approximate surface area is 109 Å². The van der Waals surface area contributed by atoms with E-state index in [-0.39, 0.29) is 11.9 Å². The molecular formula is C13H24N2O3. The topological polar surface area (TPSA) is 69.6 Å². The minimum atomic E-state index is -0.975. The van der Waals surface area contributed by atoms with E-state index < -0.39 is 12.0 Å². The minimum Gasteiger partial charge on any atom is -0.480 e. The average Bonchev–Trinajstić information content (AvgIpc) is 2.28. The molecule has 0 aromatic rings. The lowest BCUT2D eigenvalue weighted by Gasteiger charge is -2.36. The van der Waals surface area contributed by atoms with Crippen molar-refractivity contribution in [1.29, 1.82) is 0 Å². The molecule has 18 heavy (non-hydrogen) atoms. The van der Waals surface area contributed by atoms with Gasteiger partial charge in [0.05, 0.1) is 0 Å². The van der Waals surface area contributed by atoms with E-state index in [0.717, 1.165) is 6.42 Å². The van der Waals surface area contributed by atoms with Crippen LogP contribution < -0.4 is 5.32 Å². The number of aliphatic carboxylic acids is 1. The van der Waals surface area contributed by atoms with E-state index in [2.05, 4.69) is 19.2 Å². The summed E-state index contributed by atoms with van der Waals surface area (Å²) in [5.74, 6) is -0.00869. The number of urea groups is 1. The van der Waals surface area contributed by atoms with E-state index in [0.29, 0.717) is 24.9 Å². The lowest BCUT2D eigenvalue weighted by Crippen LogP contribution is -2.53. The number of hydrogen-bond acceptors (Lipinski definition) is 2. The number of carboxylic acids is 1. The molecule has 1 fully saturated rings. The van der Waals surface area contributed by atoms with Crippen LogP contribution in [0, 0.1) is 17.8 Å². The maximum Gasteiger partial charge on any atom is 0.326 e. The third kappa shape index (κ3) is 3.62. The standard InChI is InChI=1S/C13H24N2O3/c1-8(2)11(12(16)17)14-13(18)15-6-5-9(3)10(4)7-15/h8-11H,5-7H2,1-4H3,(H,14,18)(H,16,17)/t9?,10?,11-/m1/s1. The number of carbonyl (C=O) groups is 2. The number of nitrogens with one attached hydrogen (secondary N) is 1. The summed E-state index contributed by atoms with van der Waals surface area (Å²) < 4.78 is 0. The van der Waals surface area contributed by atoms with Crippen LogP contribution in [0.1, 0.15) is 34.1 Å². The minimum absolute atomic E-state index is 0.118. The summed E-state index contributed by atoms with van der Waals surface area (Å²) in [6.45, 7) is 9.31. The smallest absolute Gasteiger partial charge is 0.326 e. The van der Waals surface area contributed by atoms with Gasteiger partial charge in [0.15, 0.2) is 0 Å². The van der Waals surface area contributed by atoms with Crippen molar-refractivity contribution in [1.82, 2.24) is 10.2 Å². The molecule has 0 bridgehead atoms. The zero-order valence-electron chi connectivity index (χ0n) is 11.6. The molecule has 0 aromatic carbocycles. The van der Waals surface area contributed by atoms with Gasteiger partial charge >= 0.3 is 12.0 Å². The Morgan fingerprint density at radius 1 is 1.28 bits per heavy atom. The molecule has 1 saturated heterocycles. The molecule has 0 radical (unpaired) electrons. The van der Waals surface area contributed by atoms with Crippen LogP contribution in [0.2, 0.25) is 0 Å². The number of carboxylic acid groups (broad SMARTS) is 1. The molecule has 1 aliphatic rings. The van der Waals surface area contributed by atoms with Gasteiger partial charge in [0.2, 0.25) is 0 Å². The summed E-state index contributed by atoms with van der Waals surface area (Å²) in [5.41, 5.74) is 0. The highest BCUT2D eigenvalue weighted by molar-refractivity contribution is 5.82. The fourth-order valence-electron chi connectivity index (χ4n) is 2.19. The number of hydrogen-bond donors (Lipinski definition) is 2. The van der Waals surface area contributed by atoms with E-state index in [9.17, 15) is 9.59 Å². The molecule has 2 unspecified atom stereocenters. The molecule has 0 saturated carbocycles. The zero-order valence-corrected chi connectivity index (χ0v) is 11.6. The zero-order chi connectivity index (χ0) is 13.9. The fourth-order valence-corrected chi connectivity index (χ4v) is 2.19. The van der Waals surface area contributed by atoms with Gasteiger partial charge in [0.25, 0.3) is 0 Å². The van der Waals surface area contributed by atoms with Gasteiger partial charge in [0, 0.05) is 13.1 Å². The SMILES string of the molecule is CC1CCN(C(=O)N[C@@H](C(=O)O)C(C)C)CC1C. The van der Waals surface area contributed by atoms with Crippen LogP contribution in [0.3, 0.4) is 0 Å². The number of likely N-dealkylation sites (tertiary alicyclic amines) is 1. The molecule has 2 N–H and O–H groups in total. The Balaban J connectivity index is 2.57. The van der Waals surface area contributed by atoms with Crippen molar-refractivity contribution in [3.05, 3.63) is 0 Å². The van der Waals surface area contributed by atoms with Gasteiger partial charge in [-0.15, -0.1) is 0 Å². The van der Waals surface area contributed by atoms with E-state index >= 15 is 0 Å². The molecule has 5 heteroatoms. The van der Waals surface area contributed by atoms with Gasteiger partial charge in [-0.05, 0) is 24.2 Å². The lowest BCUT2D eigenvalue weighted by atomic mass is 9.89. The second-order valence-corrected chi connectivity index (χ2v) is 5.70. The van der Waals surface area contributed by atoms with E-state index in [1.807, 2.05) is 0 Å². The number of rotatable bonds is 3. The summed E-state index contributed by atoms with van der Waals surface area (Å²) in [6, 6.07) is -1.07. The molecule has 5 nitrogen and oxygen atoms in total. The fraction of sp³-hybridized carbons (Fsp3) is 0.846. The van der Waals surface area contributed by atoms with Gasteiger partial charge in [-0.2, -0.15) is 0 Å². The van der Waals surface area contributed by atoms with Crippen LogP contribution in [0.25, 0.3) is 0 Å². The first-order valence-corrected chi connectivity index (χ1v) is 6.61. The Kier molecular flexibility index (Phi) is 4.99. The van der Waals surface area contributed by atoms with Crippen molar-refractivity contribution in [3.8, 4) is 0 Å². The van der Waals surface area contributed by atoms with Crippen molar-refractivity contribution in [3.63, 3.8) is 0 Å². The summed E-state index contributed by atoms with van der Waals surface area (Å²) in [4.78, 5) is 24.8. The molecule has 1 heterocycles. The van der Waals surface area contributed by atoms with Crippen molar-refractivity contribution < 1.29 is 14.7 Å².